The number of carbonyl (C=O) groups excluding carboxylic acids is 1. The predicted molar refractivity (Wildman–Crippen MR) is 105 cm³/mol. The zero-order valence-corrected chi connectivity index (χ0v) is 17.8. The van der Waals surface area contributed by atoms with Crippen molar-refractivity contribution in [2.75, 3.05) is 20.1 Å². The second-order valence-corrected chi connectivity index (χ2v) is 10.8. The zero-order valence-electron chi connectivity index (χ0n) is 16.9. The van der Waals surface area contributed by atoms with Crippen LogP contribution < -0.4 is 0 Å². The molecular formula is C21H27F3N2O3S. The Morgan fingerprint density at radius 3 is 2.13 bits per heavy atom. The molecular weight excluding hydrogens is 417 g/mol. The van der Waals surface area contributed by atoms with Gasteiger partial charge in [0.2, 0.25) is 15.9 Å². The predicted octanol–water partition coefficient (Wildman–Crippen LogP) is 3.75. The van der Waals surface area contributed by atoms with Crippen LogP contribution in [0.1, 0.15) is 44.1 Å². The molecule has 9 heteroatoms. The summed E-state index contributed by atoms with van der Waals surface area (Å²) >= 11 is 0. The molecule has 2 saturated carbocycles. The average molecular weight is 445 g/mol. The minimum atomic E-state index is -4.60. The van der Waals surface area contributed by atoms with Crippen LogP contribution >= 0.6 is 0 Å². The van der Waals surface area contributed by atoms with E-state index < -0.39 is 21.8 Å². The largest absolute Gasteiger partial charge is 0.416 e. The van der Waals surface area contributed by atoms with E-state index in [0.29, 0.717) is 36.8 Å². The van der Waals surface area contributed by atoms with Crippen molar-refractivity contribution in [2.24, 2.45) is 17.8 Å². The maximum absolute atomic E-state index is 13.0. The van der Waals surface area contributed by atoms with Crippen molar-refractivity contribution in [3.05, 3.63) is 29.8 Å². The second kappa shape index (κ2) is 7.82. The minimum Gasteiger partial charge on any atom is -0.342 e. The van der Waals surface area contributed by atoms with Crippen LogP contribution in [0.5, 0.6) is 0 Å². The van der Waals surface area contributed by atoms with E-state index in [1.54, 1.807) is 0 Å². The molecule has 3 aliphatic rings. The van der Waals surface area contributed by atoms with Crippen LogP contribution in [0.2, 0.25) is 0 Å². The highest BCUT2D eigenvalue weighted by atomic mass is 32.2. The number of nitrogens with zero attached hydrogens (tertiary/aromatic N) is 2. The fourth-order valence-electron chi connectivity index (χ4n) is 4.65. The van der Waals surface area contributed by atoms with Crippen LogP contribution in [-0.4, -0.2) is 49.7 Å². The fourth-order valence-corrected chi connectivity index (χ4v) is 6.17. The van der Waals surface area contributed by atoms with Crippen molar-refractivity contribution < 1.29 is 26.4 Å². The lowest BCUT2D eigenvalue weighted by atomic mass is 9.95. The van der Waals surface area contributed by atoms with Crippen LogP contribution in [0.25, 0.3) is 0 Å². The molecule has 0 bridgehead atoms. The van der Waals surface area contributed by atoms with E-state index in [9.17, 15) is 26.4 Å². The first-order chi connectivity index (χ1) is 14.1. The van der Waals surface area contributed by atoms with Gasteiger partial charge in [0.05, 0.1) is 10.5 Å². The molecule has 0 unspecified atom stereocenters. The molecule has 1 saturated heterocycles. The highest BCUT2D eigenvalue weighted by Crippen LogP contribution is 2.47. The summed E-state index contributed by atoms with van der Waals surface area (Å²) in [6, 6.07) is 4.14. The summed E-state index contributed by atoms with van der Waals surface area (Å²) in [6.45, 7) is 0.278. The quantitative estimate of drug-likeness (QED) is 0.672. The van der Waals surface area contributed by atoms with E-state index in [0.717, 1.165) is 12.1 Å². The standard InChI is InChI=1S/C21H27F3N2O3S/c1-25(19(14-5-6-14)15-7-8-15)20(27)16-9-11-26(12-10-16)30(28,29)18-4-2-3-17(13-18)21(22,23)24/h2-4,13-16,19H,5-12H2,1H3. The average Bonchev–Trinajstić information content (AvgIpc) is 3.62. The Labute approximate surface area is 175 Å². The number of piperidine rings is 1. The number of carbonyl (C=O) groups is 1. The van der Waals surface area contributed by atoms with Crippen molar-refractivity contribution in [1.82, 2.24) is 9.21 Å². The molecule has 1 heterocycles. The second-order valence-electron chi connectivity index (χ2n) is 8.82. The highest BCUT2D eigenvalue weighted by molar-refractivity contribution is 7.89. The lowest BCUT2D eigenvalue weighted by molar-refractivity contribution is -0.139. The molecule has 1 aliphatic heterocycles. The van der Waals surface area contributed by atoms with Crippen LogP contribution in [-0.2, 0) is 21.0 Å². The zero-order chi connectivity index (χ0) is 21.7. The number of rotatable bonds is 6. The number of sulfonamides is 1. The Kier molecular flexibility index (Phi) is 5.63. The summed E-state index contributed by atoms with van der Waals surface area (Å²) in [6.07, 6.45) is 0.875. The number of benzene rings is 1. The monoisotopic (exact) mass is 444 g/mol. The van der Waals surface area contributed by atoms with E-state index >= 15 is 0 Å². The maximum Gasteiger partial charge on any atom is 0.416 e. The van der Waals surface area contributed by atoms with Gasteiger partial charge in [-0.2, -0.15) is 17.5 Å². The topological polar surface area (TPSA) is 57.7 Å². The molecule has 1 aromatic carbocycles. The van der Waals surface area contributed by atoms with Gasteiger partial charge in [-0.1, -0.05) is 6.07 Å². The normalized spacial score (nSPS) is 21.8. The van der Waals surface area contributed by atoms with Crippen molar-refractivity contribution in [1.29, 1.82) is 0 Å². The molecule has 5 nitrogen and oxygen atoms in total. The molecule has 30 heavy (non-hydrogen) atoms. The van der Waals surface area contributed by atoms with E-state index in [4.69, 9.17) is 0 Å². The van der Waals surface area contributed by atoms with Crippen molar-refractivity contribution in [3.63, 3.8) is 0 Å². The van der Waals surface area contributed by atoms with E-state index in [1.165, 1.54) is 36.1 Å². The third-order valence-electron chi connectivity index (χ3n) is 6.61. The van der Waals surface area contributed by atoms with Crippen LogP contribution in [0.3, 0.4) is 0 Å². The van der Waals surface area contributed by atoms with Gasteiger partial charge in [0.15, 0.2) is 0 Å². The van der Waals surface area contributed by atoms with Crippen molar-refractivity contribution in [2.45, 2.75) is 55.6 Å². The number of halogens is 3. The Hall–Kier alpha value is -1.61. The SMILES string of the molecule is CN(C(=O)C1CCN(S(=O)(=O)c2cccc(C(F)(F)F)c2)CC1)C(C1CC1)C1CC1. The van der Waals surface area contributed by atoms with Crippen molar-refractivity contribution >= 4 is 15.9 Å². The summed E-state index contributed by atoms with van der Waals surface area (Å²) in [4.78, 5) is 14.6. The Morgan fingerprint density at radius 1 is 1.07 bits per heavy atom. The van der Waals surface area contributed by atoms with Crippen LogP contribution in [0.15, 0.2) is 29.2 Å². The molecule has 0 atom stereocenters. The van der Waals surface area contributed by atoms with Crippen LogP contribution in [0, 0.1) is 17.8 Å². The smallest absolute Gasteiger partial charge is 0.342 e. The summed E-state index contributed by atoms with van der Waals surface area (Å²) in [5.41, 5.74) is -0.985. The minimum absolute atomic E-state index is 0.0786. The van der Waals surface area contributed by atoms with Crippen molar-refractivity contribution in [3.8, 4) is 0 Å². The molecule has 3 fully saturated rings. The Morgan fingerprint density at radius 2 is 1.63 bits per heavy atom. The summed E-state index contributed by atoms with van der Waals surface area (Å²) in [7, 11) is -2.16. The molecule has 0 spiro atoms. The molecule has 4 rings (SSSR count). The van der Waals surface area contributed by atoms with Gasteiger partial charge in [-0.15, -0.1) is 0 Å². The summed E-state index contributed by atoms with van der Waals surface area (Å²) < 4.78 is 65.7. The third-order valence-corrected chi connectivity index (χ3v) is 8.50. The van der Waals surface area contributed by atoms with Gasteiger partial charge in [-0.05, 0) is 68.6 Å². The highest BCUT2D eigenvalue weighted by Gasteiger charge is 2.46. The maximum atomic E-state index is 13.0. The molecule has 1 amide bonds. The lowest BCUT2D eigenvalue weighted by Gasteiger charge is -2.35. The number of alkyl halides is 3. The van der Waals surface area contributed by atoms with Gasteiger partial charge in [0.25, 0.3) is 0 Å². The first-order valence-corrected chi connectivity index (χ1v) is 12.0. The van der Waals surface area contributed by atoms with Gasteiger partial charge in [0, 0.05) is 32.1 Å². The summed E-state index contributed by atoms with van der Waals surface area (Å²) in [5, 5.41) is 0. The van der Waals surface area contributed by atoms with Gasteiger partial charge in [0.1, 0.15) is 0 Å². The van der Waals surface area contributed by atoms with Gasteiger partial charge in [-0.3, -0.25) is 4.79 Å². The third kappa shape index (κ3) is 4.37. The van der Waals surface area contributed by atoms with E-state index in [-0.39, 0.29) is 29.8 Å². The van der Waals surface area contributed by atoms with E-state index in [2.05, 4.69) is 0 Å². The first kappa shape index (κ1) is 21.6. The molecule has 0 radical (unpaired) electrons. The number of amides is 1. The molecule has 166 valence electrons. The van der Waals surface area contributed by atoms with Gasteiger partial charge >= 0.3 is 6.18 Å². The molecule has 1 aromatic rings. The van der Waals surface area contributed by atoms with Gasteiger partial charge in [-0.25, -0.2) is 8.42 Å². The molecule has 0 N–H and O–H groups in total. The molecule has 0 aromatic heterocycles. The number of hydrogen-bond donors (Lipinski definition) is 0. The van der Waals surface area contributed by atoms with Gasteiger partial charge < -0.3 is 4.90 Å². The summed E-state index contributed by atoms with van der Waals surface area (Å²) in [5.74, 6) is 1.05. The Bertz CT molecular complexity index is 890. The number of hydrogen-bond acceptors (Lipinski definition) is 3. The Balaban J connectivity index is 1.41. The van der Waals surface area contributed by atoms with E-state index in [1.807, 2.05) is 11.9 Å². The molecule has 2 aliphatic carbocycles. The fraction of sp³-hybridized carbons (Fsp3) is 0.667. The lowest BCUT2D eigenvalue weighted by Crippen LogP contribution is -2.47. The first-order valence-electron chi connectivity index (χ1n) is 10.5. The van der Waals surface area contributed by atoms with Crippen LogP contribution in [0.4, 0.5) is 13.2 Å².